The fourth-order valence-corrected chi connectivity index (χ4v) is 4.56. The summed E-state index contributed by atoms with van der Waals surface area (Å²) in [4.78, 5) is 23.6. The minimum Gasteiger partial charge on any atom is -0.497 e. The average Bonchev–Trinajstić information content (AvgIpc) is 3.17. The number of nitrogens with zero attached hydrogens (tertiary/aromatic N) is 1. The Hall–Kier alpha value is -4.58. The van der Waals surface area contributed by atoms with E-state index >= 15 is 0 Å². The van der Waals surface area contributed by atoms with Crippen LogP contribution >= 0.6 is 0 Å². The first kappa shape index (κ1) is 22.2. The van der Waals surface area contributed by atoms with Crippen LogP contribution in [0.1, 0.15) is 22.8 Å². The maximum absolute atomic E-state index is 12.3. The van der Waals surface area contributed by atoms with Crippen LogP contribution in [0, 0.1) is 0 Å². The minimum atomic E-state index is -0.450. The molecule has 0 aliphatic heterocycles. The Balaban J connectivity index is 1.67. The Kier molecular flexibility index (Phi) is 5.71. The first-order chi connectivity index (χ1) is 16.9. The van der Waals surface area contributed by atoms with Gasteiger partial charge in [0.1, 0.15) is 5.75 Å². The van der Waals surface area contributed by atoms with Crippen LogP contribution in [0.5, 0.6) is 5.75 Å². The Morgan fingerprint density at radius 2 is 1.60 bits per heavy atom. The summed E-state index contributed by atoms with van der Waals surface area (Å²) in [6.07, 6.45) is 0. The van der Waals surface area contributed by atoms with Crippen LogP contribution in [0.3, 0.4) is 0 Å². The van der Waals surface area contributed by atoms with Gasteiger partial charge in [0.25, 0.3) is 0 Å². The number of anilines is 1. The molecule has 35 heavy (non-hydrogen) atoms. The van der Waals surface area contributed by atoms with E-state index in [2.05, 4.69) is 28.1 Å². The molecule has 0 unspecified atom stereocenters. The second-order valence-corrected chi connectivity index (χ2v) is 8.49. The molecule has 0 aliphatic carbocycles. The zero-order valence-corrected chi connectivity index (χ0v) is 19.5. The summed E-state index contributed by atoms with van der Waals surface area (Å²) in [6.45, 7) is 2.08. The molecule has 0 bridgehead atoms. The van der Waals surface area contributed by atoms with Crippen LogP contribution in [-0.2, 0) is 11.3 Å². The quantitative estimate of drug-likeness (QED) is 0.345. The Labute approximate surface area is 202 Å². The van der Waals surface area contributed by atoms with Crippen LogP contribution in [0.15, 0.2) is 84.9 Å². The van der Waals surface area contributed by atoms with Crippen molar-refractivity contribution in [3.8, 4) is 16.9 Å². The molecular formula is C29H25N3O3. The average molecular weight is 464 g/mol. The predicted molar refractivity (Wildman–Crippen MR) is 140 cm³/mol. The van der Waals surface area contributed by atoms with E-state index in [1.165, 1.54) is 6.92 Å². The Bertz CT molecular complexity index is 1570. The van der Waals surface area contributed by atoms with Gasteiger partial charge < -0.3 is 20.4 Å². The van der Waals surface area contributed by atoms with Crippen molar-refractivity contribution in [2.45, 2.75) is 13.5 Å². The number of nitrogens with one attached hydrogen (secondary N) is 1. The van der Waals surface area contributed by atoms with Crippen molar-refractivity contribution in [2.24, 2.45) is 5.73 Å². The summed E-state index contributed by atoms with van der Waals surface area (Å²) in [7, 11) is 1.65. The molecular weight excluding hydrogens is 438 g/mol. The molecule has 1 aromatic heterocycles. The van der Waals surface area contributed by atoms with E-state index in [9.17, 15) is 9.59 Å². The van der Waals surface area contributed by atoms with E-state index in [1.54, 1.807) is 13.2 Å². The summed E-state index contributed by atoms with van der Waals surface area (Å²) in [5.41, 5.74) is 12.1. The lowest BCUT2D eigenvalue weighted by Gasteiger charge is -2.10. The van der Waals surface area contributed by atoms with Crippen LogP contribution in [0.4, 0.5) is 5.69 Å². The van der Waals surface area contributed by atoms with Crippen molar-refractivity contribution in [1.29, 1.82) is 0 Å². The molecule has 2 amide bonds. The number of hydrogen-bond acceptors (Lipinski definition) is 3. The van der Waals surface area contributed by atoms with Crippen LogP contribution in [0.2, 0.25) is 0 Å². The zero-order valence-electron chi connectivity index (χ0n) is 19.5. The van der Waals surface area contributed by atoms with Crippen LogP contribution in [0.25, 0.3) is 32.9 Å². The second-order valence-electron chi connectivity index (χ2n) is 8.49. The zero-order chi connectivity index (χ0) is 24.5. The molecule has 6 nitrogen and oxygen atoms in total. The van der Waals surface area contributed by atoms with Gasteiger partial charge in [0.2, 0.25) is 11.8 Å². The molecule has 0 radical (unpaired) electrons. The molecule has 174 valence electrons. The number of rotatable bonds is 6. The van der Waals surface area contributed by atoms with Gasteiger partial charge >= 0.3 is 0 Å². The number of benzene rings is 4. The Morgan fingerprint density at radius 3 is 2.26 bits per heavy atom. The molecule has 0 fully saturated rings. The van der Waals surface area contributed by atoms with E-state index in [4.69, 9.17) is 10.5 Å². The molecule has 0 aliphatic rings. The highest BCUT2D eigenvalue weighted by atomic mass is 16.5. The molecule has 3 N–H and O–H groups in total. The molecule has 0 saturated carbocycles. The summed E-state index contributed by atoms with van der Waals surface area (Å²) in [6, 6.07) is 27.6. The Morgan fingerprint density at radius 1 is 0.886 bits per heavy atom. The molecule has 0 spiro atoms. The van der Waals surface area contributed by atoms with Crippen molar-refractivity contribution >= 4 is 39.3 Å². The van der Waals surface area contributed by atoms with Gasteiger partial charge in [-0.05, 0) is 59.2 Å². The van der Waals surface area contributed by atoms with Gasteiger partial charge in [0.05, 0.1) is 18.1 Å². The van der Waals surface area contributed by atoms with Crippen molar-refractivity contribution < 1.29 is 14.3 Å². The predicted octanol–water partition coefficient (Wildman–Crippen LogP) is 5.58. The lowest BCUT2D eigenvalue weighted by atomic mass is 10.0. The number of aromatic nitrogens is 1. The molecule has 6 heteroatoms. The highest BCUT2D eigenvalue weighted by molar-refractivity contribution is 6.18. The standard InChI is InChI=1S/C29H25N3O3/c1-18(33)31-22-11-6-19(7-12-22)17-32-26-5-3-4-25(29(30)34)28(26)24-15-10-21(16-27(24)32)20-8-13-23(35-2)14-9-20/h3-16H,17H2,1-2H3,(H2,30,34)(H,31,33). The highest BCUT2D eigenvalue weighted by Gasteiger charge is 2.17. The normalized spacial score (nSPS) is 11.0. The number of carbonyl (C=O) groups excluding carboxylic acids is 2. The molecule has 4 aromatic carbocycles. The smallest absolute Gasteiger partial charge is 0.249 e. The van der Waals surface area contributed by atoms with Gasteiger partial charge in [-0.3, -0.25) is 9.59 Å². The van der Waals surface area contributed by atoms with Gasteiger partial charge in [-0.2, -0.15) is 0 Å². The van der Waals surface area contributed by atoms with E-state index in [0.717, 1.165) is 49.9 Å². The second kappa shape index (κ2) is 8.99. The topological polar surface area (TPSA) is 86.3 Å². The first-order valence-electron chi connectivity index (χ1n) is 11.3. The first-order valence-corrected chi connectivity index (χ1v) is 11.3. The van der Waals surface area contributed by atoms with Crippen molar-refractivity contribution in [1.82, 2.24) is 4.57 Å². The molecule has 5 rings (SSSR count). The maximum atomic E-state index is 12.3. The van der Waals surface area contributed by atoms with Crippen molar-refractivity contribution in [2.75, 3.05) is 12.4 Å². The van der Waals surface area contributed by atoms with Crippen molar-refractivity contribution in [3.63, 3.8) is 0 Å². The van der Waals surface area contributed by atoms with Crippen molar-refractivity contribution in [3.05, 3.63) is 96.1 Å². The van der Waals surface area contributed by atoms with Crippen LogP contribution < -0.4 is 15.8 Å². The minimum absolute atomic E-state index is 0.106. The molecule has 0 atom stereocenters. The van der Waals surface area contributed by atoms with Gasteiger partial charge in [0.15, 0.2) is 0 Å². The van der Waals surface area contributed by atoms with Gasteiger partial charge in [0, 0.05) is 35.5 Å². The largest absolute Gasteiger partial charge is 0.497 e. The van der Waals surface area contributed by atoms with Gasteiger partial charge in [-0.15, -0.1) is 0 Å². The number of nitrogens with two attached hydrogens (primary N) is 1. The third kappa shape index (κ3) is 4.22. The number of methoxy groups -OCH3 is 1. The number of carbonyl (C=O) groups is 2. The number of amides is 2. The van der Waals surface area contributed by atoms with E-state index in [1.807, 2.05) is 60.7 Å². The lowest BCUT2D eigenvalue weighted by molar-refractivity contribution is -0.114. The molecule has 0 saturated heterocycles. The fourth-order valence-electron chi connectivity index (χ4n) is 4.56. The number of hydrogen-bond donors (Lipinski definition) is 2. The van der Waals surface area contributed by atoms with Gasteiger partial charge in [-0.25, -0.2) is 0 Å². The summed E-state index contributed by atoms with van der Waals surface area (Å²) in [5.74, 6) is 0.247. The third-order valence-corrected chi connectivity index (χ3v) is 6.19. The summed E-state index contributed by atoms with van der Waals surface area (Å²) >= 11 is 0. The van der Waals surface area contributed by atoms with Gasteiger partial charge in [-0.1, -0.05) is 42.5 Å². The number of primary amides is 1. The number of fused-ring (bicyclic) bond motifs is 3. The fraction of sp³-hybridized carbons (Fsp3) is 0.103. The SMILES string of the molecule is COc1ccc(-c2ccc3c4c(C(N)=O)cccc4n(Cc4ccc(NC(C)=O)cc4)c3c2)cc1. The number of ether oxygens (including phenoxy) is 1. The third-order valence-electron chi connectivity index (χ3n) is 6.19. The van der Waals surface area contributed by atoms with Crippen LogP contribution in [-0.4, -0.2) is 23.5 Å². The summed E-state index contributed by atoms with van der Waals surface area (Å²) in [5, 5.41) is 4.62. The highest BCUT2D eigenvalue weighted by Crippen LogP contribution is 2.35. The van der Waals surface area contributed by atoms with E-state index in [0.29, 0.717) is 12.1 Å². The molecule has 5 aromatic rings. The lowest BCUT2D eigenvalue weighted by Crippen LogP contribution is -2.11. The monoisotopic (exact) mass is 463 g/mol. The maximum Gasteiger partial charge on any atom is 0.249 e. The molecule has 1 heterocycles. The summed E-state index contributed by atoms with van der Waals surface area (Å²) < 4.78 is 7.50. The van der Waals surface area contributed by atoms with E-state index in [-0.39, 0.29) is 5.91 Å². The van der Waals surface area contributed by atoms with E-state index < -0.39 is 5.91 Å².